The first-order valence-electron chi connectivity index (χ1n) is 6.20. The number of hydrazone groups is 1. The summed E-state index contributed by atoms with van der Waals surface area (Å²) in [4.78, 5) is 37.6. The number of amides is 2. The van der Waals surface area contributed by atoms with Gasteiger partial charge in [0.25, 0.3) is 5.91 Å². The molecule has 0 unspecified atom stereocenters. The van der Waals surface area contributed by atoms with E-state index in [1.807, 2.05) is 0 Å². The van der Waals surface area contributed by atoms with Crippen molar-refractivity contribution in [3.63, 3.8) is 0 Å². The number of hydrogen-bond donors (Lipinski definition) is 1. The average molecular weight is 342 g/mol. The van der Waals surface area contributed by atoms with Crippen molar-refractivity contribution in [3.05, 3.63) is 28.2 Å². The molecule has 3 rings (SSSR count). The Balaban J connectivity index is 2.04. The monoisotopic (exact) mass is 341 g/mol. The zero-order valence-electron chi connectivity index (χ0n) is 11.2. The lowest BCUT2D eigenvalue weighted by Crippen LogP contribution is -2.36. The topological polar surface area (TPSA) is 88.1 Å². The number of methoxy groups -OCH3 is 1. The van der Waals surface area contributed by atoms with E-state index < -0.39 is 29.7 Å². The van der Waals surface area contributed by atoms with Crippen molar-refractivity contribution in [1.29, 1.82) is 0 Å². The molecule has 1 aromatic rings. The normalized spacial score (nSPS) is 23.2. The van der Waals surface area contributed by atoms with Gasteiger partial charge in [0.1, 0.15) is 12.0 Å². The maximum absolute atomic E-state index is 12.6. The number of rotatable bonds is 2. The van der Waals surface area contributed by atoms with E-state index in [9.17, 15) is 14.4 Å². The third-order valence-electron chi connectivity index (χ3n) is 3.48. The van der Waals surface area contributed by atoms with Crippen LogP contribution in [0, 0.1) is 5.92 Å². The van der Waals surface area contributed by atoms with Gasteiger partial charge in [-0.15, -0.1) is 0 Å². The van der Waals surface area contributed by atoms with Crippen molar-refractivity contribution in [2.45, 2.75) is 6.04 Å². The van der Waals surface area contributed by atoms with E-state index in [0.717, 1.165) is 4.90 Å². The molecule has 9 heteroatoms. The van der Waals surface area contributed by atoms with Crippen LogP contribution in [-0.2, 0) is 19.1 Å². The summed E-state index contributed by atoms with van der Waals surface area (Å²) < 4.78 is 4.57. The van der Waals surface area contributed by atoms with Crippen molar-refractivity contribution in [2.24, 2.45) is 11.0 Å². The SMILES string of the molecule is COC(=O)C1=NN[C@H]2C(=O)N(c3c(Cl)cccc3Cl)C(=O)[C@H]12. The first kappa shape index (κ1) is 14.8. The van der Waals surface area contributed by atoms with E-state index in [-0.39, 0.29) is 21.4 Å². The minimum absolute atomic E-state index is 0.0984. The molecule has 1 aromatic carbocycles. The number of hydrogen-bond acceptors (Lipinski definition) is 6. The van der Waals surface area contributed by atoms with Crippen molar-refractivity contribution in [3.8, 4) is 0 Å². The lowest BCUT2D eigenvalue weighted by molar-refractivity contribution is -0.133. The molecule has 0 aliphatic carbocycles. The number of ether oxygens (including phenoxy) is 1. The summed E-state index contributed by atoms with van der Waals surface area (Å²) in [7, 11) is 1.17. The second-order valence-electron chi connectivity index (χ2n) is 4.66. The number of fused-ring (bicyclic) bond motifs is 1. The number of benzene rings is 1. The molecule has 0 spiro atoms. The molecule has 2 aliphatic heterocycles. The van der Waals surface area contributed by atoms with Gasteiger partial charge in [0.05, 0.1) is 22.8 Å². The Kier molecular flexibility index (Phi) is 3.54. The Hall–Kier alpha value is -2.12. The summed E-state index contributed by atoms with van der Waals surface area (Å²) in [6.45, 7) is 0. The van der Waals surface area contributed by atoms with Gasteiger partial charge in [-0.25, -0.2) is 9.69 Å². The number of carbonyl (C=O) groups is 3. The molecule has 0 radical (unpaired) electrons. The van der Waals surface area contributed by atoms with Gasteiger partial charge in [-0.1, -0.05) is 29.3 Å². The molecule has 2 amide bonds. The van der Waals surface area contributed by atoms with Gasteiger partial charge in [-0.3, -0.25) is 15.0 Å². The number of para-hydroxylation sites is 1. The Morgan fingerprint density at radius 3 is 2.50 bits per heavy atom. The third-order valence-corrected chi connectivity index (χ3v) is 4.09. The number of halogens is 2. The van der Waals surface area contributed by atoms with Crippen molar-refractivity contribution in [2.75, 3.05) is 12.0 Å². The van der Waals surface area contributed by atoms with E-state index in [2.05, 4.69) is 15.3 Å². The minimum atomic E-state index is -1.05. The lowest BCUT2D eigenvalue weighted by atomic mass is 9.99. The highest BCUT2D eigenvalue weighted by atomic mass is 35.5. The van der Waals surface area contributed by atoms with E-state index in [1.54, 1.807) is 6.07 Å². The zero-order valence-corrected chi connectivity index (χ0v) is 12.7. The number of anilines is 1. The van der Waals surface area contributed by atoms with Crippen LogP contribution in [0.2, 0.25) is 10.0 Å². The predicted molar refractivity (Wildman–Crippen MR) is 78.8 cm³/mol. The highest BCUT2D eigenvalue weighted by Crippen LogP contribution is 2.39. The number of nitrogens with one attached hydrogen (secondary N) is 1. The molecule has 7 nitrogen and oxygen atoms in total. The van der Waals surface area contributed by atoms with E-state index in [1.165, 1.54) is 19.2 Å². The lowest BCUT2D eigenvalue weighted by Gasteiger charge is -2.18. The molecule has 0 bridgehead atoms. The summed E-state index contributed by atoms with van der Waals surface area (Å²) in [5.74, 6) is -3.02. The average Bonchev–Trinajstić information content (AvgIpc) is 3.02. The van der Waals surface area contributed by atoms with Crippen LogP contribution in [0.15, 0.2) is 23.3 Å². The van der Waals surface area contributed by atoms with Gasteiger partial charge in [-0.05, 0) is 12.1 Å². The Morgan fingerprint density at radius 1 is 1.27 bits per heavy atom. The van der Waals surface area contributed by atoms with Gasteiger partial charge >= 0.3 is 5.97 Å². The fraction of sp³-hybridized carbons (Fsp3) is 0.231. The van der Waals surface area contributed by atoms with E-state index >= 15 is 0 Å². The van der Waals surface area contributed by atoms with Crippen LogP contribution in [0.4, 0.5) is 5.69 Å². The smallest absolute Gasteiger partial charge is 0.355 e. The van der Waals surface area contributed by atoms with Gasteiger partial charge in [0, 0.05) is 0 Å². The van der Waals surface area contributed by atoms with Crippen LogP contribution in [0.3, 0.4) is 0 Å². The molecule has 22 heavy (non-hydrogen) atoms. The number of esters is 1. The van der Waals surface area contributed by atoms with Crippen LogP contribution < -0.4 is 10.3 Å². The molecular formula is C13H9Cl2N3O4. The molecule has 1 saturated heterocycles. The largest absolute Gasteiger partial charge is 0.464 e. The molecule has 114 valence electrons. The highest BCUT2D eigenvalue weighted by Gasteiger charge is 2.56. The molecule has 2 aliphatic rings. The Labute approximate surface area is 134 Å². The predicted octanol–water partition coefficient (Wildman–Crippen LogP) is 0.984. The van der Waals surface area contributed by atoms with Crippen molar-refractivity contribution < 1.29 is 19.1 Å². The summed E-state index contributed by atoms with van der Waals surface area (Å²) in [6, 6.07) is 3.66. The Bertz CT molecular complexity index is 714. The summed E-state index contributed by atoms with van der Waals surface area (Å²) in [5.41, 5.74) is 2.45. The summed E-state index contributed by atoms with van der Waals surface area (Å²) in [6.07, 6.45) is 0. The van der Waals surface area contributed by atoms with Crippen LogP contribution >= 0.6 is 23.2 Å². The molecule has 1 fully saturated rings. The molecule has 0 saturated carbocycles. The van der Waals surface area contributed by atoms with E-state index in [4.69, 9.17) is 23.2 Å². The maximum Gasteiger partial charge on any atom is 0.355 e. The highest BCUT2D eigenvalue weighted by molar-refractivity contribution is 6.48. The fourth-order valence-electron chi connectivity index (χ4n) is 2.49. The molecule has 0 aromatic heterocycles. The minimum Gasteiger partial charge on any atom is -0.464 e. The first-order chi connectivity index (χ1) is 10.5. The van der Waals surface area contributed by atoms with Gasteiger partial charge in [0.2, 0.25) is 5.91 Å². The zero-order chi connectivity index (χ0) is 16.0. The van der Waals surface area contributed by atoms with Gasteiger partial charge < -0.3 is 4.74 Å². The number of carbonyl (C=O) groups excluding carboxylic acids is 3. The first-order valence-corrected chi connectivity index (χ1v) is 6.96. The van der Waals surface area contributed by atoms with E-state index in [0.29, 0.717) is 0 Å². The Morgan fingerprint density at radius 2 is 1.91 bits per heavy atom. The second-order valence-corrected chi connectivity index (χ2v) is 5.47. The van der Waals surface area contributed by atoms with Gasteiger partial charge in [-0.2, -0.15) is 5.10 Å². The quantitative estimate of drug-likeness (QED) is 0.640. The molecule has 1 N–H and O–H groups in total. The third kappa shape index (κ3) is 1.97. The number of nitrogens with zero attached hydrogens (tertiary/aromatic N) is 2. The van der Waals surface area contributed by atoms with Gasteiger partial charge in [0.15, 0.2) is 5.71 Å². The standard InChI is InChI=1S/C13H9Cl2N3O4/c1-22-13(21)9-7-8(16-17-9)12(20)18(11(7)19)10-5(14)3-2-4-6(10)15/h2-4,7-8,16H,1H3/t7-,8+/m0/s1. The molecular weight excluding hydrogens is 333 g/mol. The van der Waals surface area contributed by atoms with Crippen LogP contribution in [0.25, 0.3) is 0 Å². The number of imide groups is 1. The summed E-state index contributed by atoms with van der Waals surface area (Å²) in [5, 5.41) is 4.04. The van der Waals surface area contributed by atoms with Crippen molar-refractivity contribution in [1.82, 2.24) is 5.43 Å². The molecule has 2 heterocycles. The fourth-order valence-corrected chi connectivity index (χ4v) is 3.05. The van der Waals surface area contributed by atoms with Crippen LogP contribution in [0.1, 0.15) is 0 Å². The maximum atomic E-state index is 12.6. The summed E-state index contributed by atoms with van der Waals surface area (Å²) >= 11 is 12.1. The van der Waals surface area contributed by atoms with Crippen LogP contribution in [-0.4, -0.2) is 36.6 Å². The van der Waals surface area contributed by atoms with Crippen LogP contribution in [0.5, 0.6) is 0 Å². The molecule has 2 atom stereocenters. The second kappa shape index (κ2) is 5.26. The van der Waals surface area contributed by atoms with Crippen molar-refractivity contribution >= 4 is 52.4 Å².